The lowest BCUT2D eigenvalue weighted by Gasteiger charge is -2.40. The van der Waals surface area contributed by atoms with E-state index in [-0.39, 0.29) is 12.5 Å². The molecule has 66 heavy (non-hydrogen) atoms. The number of aliphatic hydroxyl groups is 5. The number of nitrogens with one attached hydrogen (secondary N) is 1. The second-order valence-corrected chi connectivity index (χ2v) is 20.1. The van der Waals surface area contributed by atoms with Gasteiger partial charge in [0.2, 0.25) is 5.91 Å². The number of carbonyl (C=O) groups excluding carboxylic acids is 1. The van der Waals surface area contributed by atoms with E-state index in [1.807, 2.05) is 6.08 Å². The lowest BCUT2D eigenvalue weighted by Crippen LogP contribution is -2.60. The molecule has 7 atom stereocenters. The van der Waals surface area contributed by atoms with E-state index in [0.29, 0.717) is 6.42 Å². The molecular formula is C57H109NO8. The summed E-state index contributed by atoms with van der Waals surface area (Å²) in [4.78, 5) is 13.0. The monoisotopic (exact) mass is 936 g/mol. The minimum atomic E-state index is -1.56. The number of hydrogen-bond acceptors (Lipinski definition) is 8. The summed E-state index contributed by atoms with van der Waals surface area (Å²) in [7, 11) is 0. The van der Waals surface area contributed by atoms with Crippen molar-refractivity contribution in [3.05, 3.63) is 24.3 Å². The van der Waals surface area contributed by atoms with Gasteiger partial charge in [0, 0.05) is 6.42 Å². The minimum Gasteiger partial charge on any atom is -0.394 e. The van der Waals surface area contributed by atoms with Crippen LogP contribution >= 0.6 is 0 Å². The molecule has 9 heteroatoms. The molecule has 390 valence electrons. The van der Waals surface area contributed by atoms with Crippen LogP contribution in [-0.2, 0) is 14.3 Å². The van der Waals surface area contributed by atoms with E-state index in [4.69, 9.17) is 9.47 Å². The van der Waals surface area contributed by atoms with Gasteiger partial charge in [0.15, 0.2) is 6.29 Å². The number of ether oxygens (including phenoxy) is 2. The van der Waals surface area contributed by atoms with Gasteiger partial charge in [-0.05, 0) is 44.9 Å². The van der Waals surface area contributed by atoms with Gasteiger partial charge in [-0.15, -0.1) is 0 Å². The molecule has 1 aliphatic heterocycles. The Morgan fingerprint density at radius 3 is 1.23 bits per heavy atom. The van der Waals surface area contributed by atoms with Crippen LogP contribution in [0.3, 0.4) is 0 Å². The molecule has 1 rings (SSSR count). The van der Waals surface area contributed by atoms with E-state index >= 15 is 0 Å². The number of unbranched alkanes of at least 4 members (excludes halogenated alkanes) is 37. The van der Waals surface area contributed by atoms with Gasteiger partial charge in [0.25, 0.3) is 0 Å². The topological polar surface area (TPSA) is 149 Å². The standard InChI is InChI=1S/C57H109NO8/c1-3-5-7-9-11-13-15-17-19-21-22-23-24-25-26-27-28-29-30-31-33-35-37-39-41-43-45-47-53(61)58-50(49-65-57-56(64)55(63)54(62)52(48-59)66-57)51(60)46-44-42-40-38-36-34-32-20-18-16-14-12-10-8-6-4-2/h21-22,44,46,50-52,54-57,59-60,62-64H,3-20,23-43,45,47-49H2,1-2H3,(H,58,61)/b22-21-,46-44+. The van der Waals surface area contributed by atoms with Gasteiger partial charge in [-0.2, -0.15) is 0 Å². The quantitative estimate of drug-likeness (QED) is 0.0261. The first-order chi connectivity index (χ1) is 32.3. The Morgan fingerprint density at radius 1 is 0.500 bits per heavy atom. The second-order valence-electron chi connectivity index (χ2n) is 20.1. The van der Waals surface area contributed by atoms with Crippen molar-refractivity contribution in [3.63, 3.8) is 0 Å². The smallest absolute Gasteiger partial charge is 0.220 e. The Balaban J connectivity index is 2.19. The molecule has 1 fully saturated rings. The maximum atomic E-state index is 13.0. The summed E-state index contributed by atoms with van der Waals surface area (Å²) >= 11 is 0. The van der Waals surface area contributed by atoms with Crippen LogP contribution in [0.25, 0.3) is 0 Å². The number of amides is 1. The molecule has 0 saturated carbocycles. The number of allylic oxidation sites excluding steroid dienone is 3. The van der Waals surface area contributed by atoms with Gasteiger partial charge in [0.05, 0.1) is 25.4 Å². The Labute approximate surface area is 407 Å². The van der Waals surface area contributed by atoms with Crippen molar-refractivity contribution < 1.29 is 39.8 Å². The van der Waals surface area contributed by atoms with Crippen LogP contribution in [0.2, 0.25) is 0 Å². The van der Waals surface area contributed by atoms with E-state index in [1.165, 1.54) is 218 Å². The molecule has 1 heterocycles. The third kappa shape index (κ3) is 36.6. The highest BCUT2D eigenvalue weighted by molar-refractivity contribution is 5.76. The predicted octanol–water partition coefficient (Wildman–Crippen LogP) is 13.8. The normalized spacial score (nSPS) is 19.9. The minimum absolute atomic E-state index is 0.173. The average Bonchev–Trinajstić information content (AvgIpc) is 3.32. The second kappa shape index (κ2) is 47.4. The van der Waals surface area contributed by atoms with E-state index in [1.54, 1.807) is 6.08 Å². The fourth-order valence-corrected chi connectivity index (χ4v) is 9.21. The number of hydrogen-bond donors (Lipinski definition) is 6. The van der Waals surface area contributed by atoms with Crippen LogP contribution < -0.4 is 5.32 Å². The summed E-state index contributed by atoms with van der Waals surface area (Å²) in [5, 5.41) is 54.4. The number of rotatable bonds is 49. The molecule has 6 N–H and O–H groups in total. The average molecular weight is 936 g/mol. The lowest BCUT2D eigenvalue weighted by molar-refractivity contribution is -0.302. The molecule has 0 spiro atoms. The van der Waals surface area contributed by atoms with Crippen LogP contribution in [0.5, 0.6) is 0 Å². The van der Waals surface area contributed by atoms with Gasteiger partial charge >= 0.3 is 0 Å². The molecule has 0 aliphatic carbocycles. The highest BCUT2D eigenvalue weighted by Crippen LogP contribution is 2.23. The number of carbonyl (C=O) groups is 1. The zero-order chi connectivity index (χ0) is 48.0. The molecule has 0 radical (unpaired) electrons. The van der Waals surface area contributed by atoms with Crippen LogP contribution in [0.1, 0.15) is 277 Å². The van der Waals surface area contributed by atoms with Crippen LogP contribution in [0.15, 0.2) is 24.3 Å². The lowest BCUT2D eigenvalue weighted by atomic mass is 9.99. The van der Waals surface area contributed by atoms with Crippen molar-refractivity contribution >= 4 is 5.91 Å². The van der Waals surface area contributed by atoms with Gasteiger partial charge in [-0.3, -0.25) is 4.79 Å². The first-order valence-corrected chi connectivity index (χ1v) is 28.6. The largest absolute Gasteiger partial charge is 0.394 e. The van der Waals surface area contributed by atoms with E-state index in [2.05, 4.69) is 31.3 Å². The van der Waals surface area contributed by atoms with Crippen molar-refractivity contribution in [1.29, 1.82) is 0 Å². The summed E-state index contributed by atoms with van der Waals surface area (Å²) in [6.45, 7) is 3.80. The Morgan fingerprint density at radius 2 is 0.848 bits per heavy atom. The van der Waals surface area contributed by atoms with Gasteiger partial charge < -0.3 is 40.3 Å². The zero-order valence-corrected chi connectivity index (χ0v) is 43.2. The fourth-order valence-electron chi connectivity index (χ4n) is 9.21. The first kappa shape index (κ1) is 62.7. The van der Waals surface area contributed by atoms with Crippen LogP contribution in [0, 0.1) is 0 Å². The third-order valence-corrected chi connectivity index (χ3v) is 13.8. The highest BCUT2D eigenvalue weighted by atomic mass is 16.7. The molecule has 0 aromatic rings. The molecule has 7 unspecified atom stereocenters. The van der Waals surface area contributed by atoms with Crippen molar-refractivity contribution in [1.82, 2.24) is 5.32 Å². The Bertz CT molecular complexity index is 1090. The summed E-state index contributed by atoms with van der Waals surface area (Å²) in [6, 6.07) is -0.802. The fraction of sp³-hybridized carbons (Fsp3) is 0.912. The third-order valence-electron chi connectivity index (χ3n) is 13.8. The molecule has 1 aliphatic rings. The maximum Gasteiger partial charge on any atom is 0.220 e. The molecule has 9 nitrogen and oxygen atoms in total. The summed E-state index contributed by atoms with van der Waals surface area (Å²) < 4.78 is 11.3. The van der Waals surface area contributed by atoms with E-state index in [0.717, 1.165) is 38.5 Å². The van der Waals surface area contributed by atoms with Crippen molar-refractivity contribution in [3.8, 4) is 0 Å². The summed E-state index contributed by atoms with van der Waals surface area (Å²) in [6.07, 6.45) is 52.4. The Kier molecular flexibility index (Phi) is 45.0. The van der Waals surface area contributed by atoms with E-state index in [9.17, 15) is 30.3 Å². The highest BCUT2D eigenvalue weighted by Gasteiger charge is 2.44. The van der Waals surface area contributed by atoms with Gasteiger partial charge in [-0.1, -0.05) is 250 Å². The predicted molar refractivity (Wildman–Crippen MR) is 277 cm³/mol. The molecule has 0 aromatic carbocycles. The molecule has 0 aromatic heterocycles. The van der Waals surface area contributed by atoms with Gasteiger partial charge in [0.1, 0.15) is 24.4 Å². The SMILES string of the molecule is CCCCCCCCCC/C=C\CCCCCCCCCCCCCCCCCC(=O)NC(COC1OC(CO)C(O)C(O)C1O)C(O)/C=C/CCCCCCCCCCCCCCCC. The summed E-state index contributed by atoms with van der Waals surface area (Å²) in [5.41, 5.74) is 0. The van der Waals surface area contributed by atoms with Crippen LogP contribution in [-0.4, -0.2) is 87.5 Å². The van der Waals surface area contributed by atoms with Crippen molar-refractivity contribution in [2.24, 2.45) is 0 Å². The Hall–Kier alpha value is -1.33. The van der Waals surface area contributed by atoms with Crippen LogP contribution in [0.4, 0.5) is 0 Å². The first-order valence-electron chi connectivity index (χ1n) is 28.6. The molecule has 1 amide bonds. The maximum absolute atomic E-state index is 13.0. The molecule has 0 bridgehead atoms. The summed E-state index contributed by atoms with van der Waals surface area (Å²) in [5.74, 6) is -0.173. The van der Waals surface area contributed by atoms with Gasteiger partial charge in [-0.25, -0.2) is 0 Å². The van der Waals surface area contributed by atoms with Crippen molar-refractivity contribution in [2.75, 3.05) is 13.2 Å². The molecule has 1 saturated heterocycles. The number of aliphatic hydroxyl groups excluding tert-OH is 5. The zero-order valence-electron chi connectivity index (χ0n) is 43.2. The van der Waals surface area contributed by atoms with Crippen molar-refractivity contribution in [2.45, 2.75) is 320 Å². The molecular weight excluding hydrogens is 827 g/mol. The van der Waals surface area contributed by atoms with E-state index < -0.39 is 49.5 Å².